The maximum absolute atomic E-state index is 12.2. The smallest absolute Gasteiger partial charge is 0.335 e. The highest BCUT2D eigenvalue weighted by Crippen LogP contribution is 2.41. The Morgan fingerprint density at radius 2 is 2.05 bits per heavy atom. The molecule has 1 saturated heterocycles. The van der Waals surface area contributed by atoms with Gasteiger partial charge in [0.15, 0.2) is 0 Å². The Hall–Kier alpha value is -2.55. The molecule has 114 valence electrons. The van der Waals surface area contributed by atoms with Gasteiger partial charge in [0.25, 0.3) is 0 Å². The van der Waals surface area contributed by atoms with Crippen molar-refractivity contribution >= 4 is 12.0 Å². The third-order valence-corrected chi connectivity index (χ3v) is 4.61. The van der Waals surface area contributed by atoms with E-state index in [2.05, 4.69) is 11.4 Å². The average Bonchev–Trinajstić information content (AvgIpc) is 3.12. The summed E-state index contributed by atoms with van der Waals surface area (Å²) in [4.78, 5) is 24.8. The van der Waals surface area contributed by atoms with E-state index in [1.165, 1.54) is 12.1 Å². The number of hydrogen-bond acceptors (Lipinski definition) is 3. The van der Waals surface area contributed by atoms with E-state index in [0.717, 1.165) is 18.4 Å². The number of nitrogens with one attached hydrogen (secondary N) is 1. The molecule has 2 amide bonds. The summed E-state index contributed by atoms with van der Waals surface area (Å²) < 4.78 is 0. The molecule has 2 aliphatic rings. The summed E-state index contributed by atoms with van der Waals surface area (Å²) in [5.74, 6) is -0.552. The van der Waals surface area contributed by atoms with Crippen LogP contribution in [0.5, 0.6) is 0 Å². The van der Waals surface area contributed by atoms with Crippen molar-refractivity contribution in [3.8, 4) is 6.07 Å². The van der Waals surface area contributed by atoms with E-state index in [-0.39, 0.29) is 23.6 Å². The van der Waals surface area contributed by atoms with Crippen LogP contribution in [-0.2, 0) is 6.54 Å². The number of nitrogens with zero attached hydrogens (tertiary/aromatic N) is 2. The van der Waals surface area contributed by atoms with Gasteiger partial charge in [0.05, 0.1) is 17.6 Å². The van der Waals surface area contributed by atoms with Crippen molar-refractivity contribution in [2.24, 2.45) is 11.8 Å². The summed E-state index contributed by atoms with van der Waals surface area (Å²) >= 11 is 0. The fourth-order valence-corrected chi connectivity index (χ4v) is 3.40. The Labute approximate surface area is 128 Å². The molecule has 3 rings (SSSR count). The van der Waals surface area contributed by atoms with Crippen LogP contribution in [0.3, 0.4) is 0 Å². The molecule has 1 aromatic carbocycles. The first-order chi connectivity index (χ1) is 10.6. The molecule has 1 aliphatic heterocycles. The first-order valence-corrected chi connectivity index (χ1v) is 7.35. The molecule has 6 heteroatoms. The lowest BCUT2D eigenvalue weighted by molar-refractivity contribution is 0.0697. The van der Waals surface area contributed by atoms with E-state index in [1.54, 1.807) is 12.1 Å². The van der Waals surface area contributed by atoms with Crippen LogP contribution in [0.25, 0.3) is 0 Å². The summed E-state index contributed by atoms with van der Waals surface area (Å²) in [6, 6.07) is 8.85. The number of urea groups is 1. The van der Waals surface area contributed by atoms with Gasteiger partial charge >= 0.3 is 12.0 Å². The Balaban J connectivity index is 1.53. The summed E-state index contributed by atoms with van der Waals surface area (Å²) in [6.07, 6.45) is 1.71. The van der Waals surface area contributed by atoms with Crippen molar-refractivity contribution < 1.29 is 14.7 Å². The quantitative estimate of drug-likeness (QED) is 0.890. The first-order valence-electron chi connectivity index (χ1n) is 7.35. The maximum Gasteiger partial charge on any atom is 0.335 e. The van der Waals surface area contributed by atoms with Crippen molar-refractivity contribution in [3.63, 3.8) is 0 Å². The second-order valence-corrected chi connectivity index (χ2v) is 5.93. The third-order valence-electron chi connectivity index (χ3n) is 4.61. The number of aromatic carboxylic acids is 1. The number of carboxylic acid groups (broad SMARTS) is 1. The molecule has 2 fully saturated rings. The zero-order chi connectivity index (χ0) is 15.7. The van der Waals surface area contributed by atoms with Gasteiger partial charge in [0.2, 0.25) is 0 Å². The number of piperidine rings is 1. The van der Waals surface area contributed by atoms with Crippen molar-refractivity contribution in [1.82, 2.24) is 10.2 Å². The molecule has 22 heavy (non-hydrogen) atoms. The molecule has 2 bridgehead atoms. The van der Waals surface area contributed by atoms with E-state index >= 15 is 0 Å². The zero-order valence-corrected chi connectivity index (χ0v) is 12.0. The van der Waals surface area contributed by atoms with E-state index < -0.39 is 5.97 Å². The Kier molecular flexibility index (Phi) is 3.72. The Morgan fingerprint density at radius 3 is 2.59 bits per heavy atom. The van der Waals surface area contributed by atoms with Gasteiger partial charge in [-0.2, -0.15) is 5.26 Å². The molecule has 6 nitrogen and oxygen atoms in total. The fourth-order valence-electron chi connectivity index (χ4n) is 3.40. The van der Waals surface area contributed by atoms with Crippen molar-refractivity contribution in [2.45, 2.75) is 25.4 Å². The lowest BCUT2D eigenvalue weighted by Gasteiger charge is -2.29. The van der Waals surface area contributed by atoms with Crippen molar-refractivity contribution in [3.05, 3.63) is 35.4 Å². The summed E-state index contributed by atoms with van der Waals surface area (Å²) in [5.41, 5.74) is 1.09. The molecular formula is C16H17N3O3. The average molecular weight is 299 g/mol. The van der Waals surface area contributed by atoms with Crippen molar-refractivity contribution in [1.29, 1.82) is 5.26 Å². The van der Waals surface area contributed by atoms with Gasteiger partial charge in [-0.15, -0.1) is 0 Å². The van der Waals surface area contributed by atoms with Gasteiger partial charge in [-0.05, 0) is 36.5 Å². The van der Waals surface area contributed by atoms with Crippen LogP contribution in [-0.4, -0.2) is 34.6 Å². The first kappa shape index (κ1) is 14.4. The Morgan fingerprint density at radius 1 is 1.32 bits per heavy atom. The van der Waals surface area contributed by atoms with E-state index in [9.17, 15) is 9.59 Å². The number of rotatable bonds is 3. The molecule has 1 aromatic rings. The van der Waals surface area contributed by atoms with E-state index in [0.29, 0.717) is 19.0 Å². The lowest BCUT2D eigenvalue weighted by Crippen LogP contribution is -2.45. The molecular weight excluding hydrogens is 282 g/mol. The number of likely N-dealkylation sites (tertiary alicyclic amines) is 1. The largest absolute Gasteiger partial charge is 0.478 e. The summed E-state index contributed by atoms with van der Waals surface area (Å²) in [7, 11) is 0. The lowest BCUT2D eigenvalue weighted by atomic mass is 9.96. The molecule has 1 saturated carbocycles. The highest BCUT2D eigenvalue weighted by atomic mass is 16.4. The molecule has 3 unspecified atom stereocenters. The number of carbonyl (C=O) groups excluding carboxylic acids is 1. The van der Waals surface area contributed by atoms with Crippen LogP contribution in [0.4, 0.5) is 4.79 Å². The highest BCUT2D eigenvalue weighted by molar-refractivity contribution is 5.87. The SMILES string of the molecule is N#CC1CC2CC1CN2C(=O)NCc1ccc(C(=O)O)cc1. The second kappa shape index (κ2) is 5.68. The number of carbonyl (C=O) groups is 2. The van der Waals surface area contributed by atoms with Crippen LogP contribution in [0.2, 0.25) is 0 Å². The fraction of sp³-hybridized carbons (Fsp3) is 0.438. The normalized spacial score (nSPS) is 25.8. The van der Waals surface area contributed by atoms with Gasteiger partial charge < -0.3 is 15.3 Å². The second-order valence-electron chi connectivity index (χ2n) is 5.93. The number of benzene rings is 1. The predicted molar refractivity (Wildman–Crippen MR) is 78.0 cm³/mol. The van der Waals surface area contributed by atoms with Crippen LogP contribution in [0.1, 0.15) is 28.8 Å². The number of amides is 2. The summed E-state index contributed by atoms with van der Waals surface area (Å²) in [5, 5.41) is 20.7. The zero-order valence-electron chi connectivity index (χ0n) is 12.0. The molecule has 1 aliphatic carbocycles. The number of fused-ring (bicyclic) bond motifs is 2. The van der Waals surface area contributed by atoms with E-state index in [1.807, 2.05) is 4.90 Å². The standard InChI is InChI=1S/C16H17N3O3/c17-7-12-5-14-6-13(12)9-19(14)16(22)18-8-10-1-3-11(4-2-10)15(20)21/h1-4,12-14H,5-6,8-9H2,(H,18,22)(H,20,21). The number of nitriles is 1. The minimum atomic E-state index is -0.962. The van der Waals surface area contributed by atoms with Gasteiger partial charge in [-0.1, -0.05) is 12.1 Å². The Bertz CT molecular complexity index is 635. The van der Waals surface area contributed by atoms with Gasteiger partial charge in [0.1, 0.15) is 0 Å². The molecule has 0 aromatic heterocycles. The number of carboxylic acids is 1. The predicted octanol–water partition coefficient (Wildman–Crippen LogP) is 1.83. The third kappa shape index (κ3) is 2.62. The molecule has 3 atom stereocenters. The molecule has 2 N–H and O–H groups in total. The highest BCUT2D eigenvalue weighted by Gasteiger charge is 2.46. The number of hydrogen-bond donors (Lipinski definition) is 2. The summed E-state index contributed by atoms with van der Waals surface area (Å²) in [6.45, 7) is 1.03. The van der Waals surface area contributed by atoms with Crippen LogP contribution < -0.4 is 5.32 Å². The monoisotopic (exact) mass is 299 g/mol. The van der Waals surface area contributed by atoms with Gasteiger partial charge in [-0.25, -0.2) is 9.59 Å². The van der Waals surface area contributed by atoms with Gasteiger partial charge in [0, 0.05) is 19.1 Å². The van der Waals surface area contributed by atoms with Crippen molar-refractivity contribution in [2.75, 3.05) is 6.54 Å². The molecule has 0 radical (unpaired) electrons. The minimum Gasteiger partial charge on any atom is -0.478 e. The van der Waals surface area contributed by atoms with Gasteiger partial charge in [-0.3, -0.25) is 0 Å². The van der Waals surface area contributed by atoms with E-state index in [4.69, 9.17) is 10.4 Å². The molecule has 0 spiro atoms. The van der Waals surface area contributed by atoms with Crippen LogP contribution in [0, 0.1) is 23.2 Å². The topological polar surface area (TPSA) is 93.4 Å². The minimum absolute atomic E-state index is 0.0950. The maximum atomic E-state index is 12.2. The van der Waals surface area contributed by atoms with Crippen LogP contribution >= 0.6 is 0 Å². The van der Waals surface area contributed by atoms with Crippen LogP contribution in [0.15, 0.2) is 24.3 Å². The molecule has 1 heterocycles.